The summed E-state index contributed by atoms with van der Waals surface area (Å²) in [4.78, 5) is 2.37. The van der Waals surface area contributed by atoms with Crippen molar-refractivity contribution in [3.05, 3.63) is 35.4 Å². The van der Waals surface area contributed by atoms with Crippen LogP contribution in [0.1, 0.15) is 44.7 Å². The fraction of sp³-hybridized carbons (Fsp3) is 0.667. The van der Waals surface area contributed by atoms with Crippen LogP contribution in [0.25, 0.3) is 0 Å². The minimum absolute atomic E-state index is 0.153. The van der Waals surface area contributed by atoms with E-state index in [1.165, 1.54) is 11.1 Å². The van der Waals surface area contributed by atoms with E-state index in [1.807, 2.05) is 0 Å². The van der Waals surface area contributed by atoms with Crippen molar-refractivity contribution in [3.63, 3.8) is 0 Å². The van der Waals surface area contributed by atoms with Crippen LogP contribution in [0.3, 0.4) is 0 Å². The third-order valence-corrected chi connectivity index (χ3v) is 3.97. The Kier molecular flexibility index (Phi) is 5.80. The lowest BCUT2D eigenvalue weighted by molar-refractivity contribution is 0.00211. The van der Waals surface area contributed by atoms with E-state index in [4.69, 9.17) is 4.74 Å². The molecule has 1 aliphatic heterocycles. The maximum absolute atomic E-state index is 6.07. The third kappa shape index (κ3) is 6.16. The first-order chi connectivity index (χ1) is 9.92. The van der Waals surface area contributed by atoms with E-state index in [1.54, 1.807) is 0 Å². The van der Waals surface area contributed by atoms with Gasteiger partial charge in [0, 0.05) is 25.2 Å². The van der Waals surface area contributed by atoms with Crippen molar-refractivity contribution in [2.24, 2.45) is 0 Å². The van der Waals surface area contributed by atoms with Crippen LogP contribution >= 0.6 is 0 Å². The highest BCUT2D eigenvalue weighted by Crippen LogP contribution is 2.15. The first-order valence-corrected chi connectivity index (χ1v) is 8.05. The summed E-state index contributed by atoms with van der Waals surface area (Å²) in [5.74, 6) is 0. The molecule has 0 aliphatic carbocycles. The largest absolute Gasteiger partial charge is 0.373 e. The Balaban J connectivity index is 1.80. The second-order valence-corrected chi connectivity index (χ2v) is 7.24. The molecule has 2 rings (SSSR count). The predicted octanol–water partition coefficient (Wildman–Crippen LogP) is 3.19. The molecule has 0 bridgehead atoms. The highest BCUT2D eigenvalue weighted by molar-refractivity contribution is 5.23. The summed E-state index contributed by atoms with van der Waals surface area (Å²) in [5.41, 5.74) is 2.76. The normalized spacial score (nSPS) is 18.1. The van der Waals surface area contributed by atoms with Crippen molar-refractivity contribution in [2.75, 3.05) is 20.1 Å². The molecule has 0 unspecified atom stereocenters. The van der Waals surface area contributed by atoms with Gasteiger partial charge in [0.05, 0.1) is 12.7 Å². The number of ether oxygens (including phenoxy) is 1. The summed E-state index contributed by atoms with van der Waals surface area (Å²) in [7, 11) is 2.18. The van der Waals surface area contributed by atoms with Crippen LogP contribution in [0, 0.1) is 0 Å². The Hall–Kier alpha value is -0.900. The number of rotatable bonds is 5. The van der Waals surface area contributed by atoms with Gasteiger partial charge in [0.15, 0.2) is 0 Å². The van der Waals surface area contributed by atoms with Crippen molar-refractivity contribution >= 4 is 0 Å². The zero-order valence-electron chi connectivity index (χ0n) is 14.0. The van der Waals surface area contributed by atoms with Gasteiger partial charge in [-0.3, -0.25) is 0 Å². The predicted molar refractivity (Wildman–Crippen MR) is 88.3 cm³/mol. The molecule has 3 nitrogen and oxygen atoms in total. The number of hydrogen-bond acceptors (Lipinski definition) is 3. The van der Waals surface area contributed by atoms with Gasteiger partial charge in [0.1, 0.15) is 0 Å². The second-order valence-electron chi connectivity index (χ2n) is 7.24. The number of likely N-dealkylation sites (tertiary alicyclic amines) is 1. The van der Waals surface area contributed by atoms with Gasteiger partial charge < -0.3 is 15.0 Å². The third-order valence-electron chi connectivity index (χ3n) is 3.97. The van der Waals surface area contributed by atoms with Crippen molar-refractivity contribution in [1.82, 2.24) is 10.2 Å². The Labute approximate surface area is 129 Å². The molecule has 1 aromatic rings. The molecule has 118 valence electrons. The molecule has 1 heterocycles. The lowest BCUT2D eigenvalue weighted by Gasteiger charge is -2.29. The minimum atomic E-state index is 0.153. The SMILES string of the molecule is CN1CCC(OCc2cccc(CNC(C)(C)C)c2)CC1. The number of nitrogens with zero attached hydrogens (tertiary/aromatic N) is 1. The summed E-state index contributed by atoms with van der Waals surface area (Å²) in [6, 6.07) is 8.73. The fourth-order valence-corrected chi connectivity index (χ4v) is 2.56. The van der Waals surface area contributed by atoms with E-state index in [0.717, 1.165) is 39.1 Å². The average Bonchev–Trinajstić information content (AvgIpc) is 2.44. The average molecular weight is 290 g/mol. The van der Waals surface area contributed by atoms with Gasteiger partial charge in [-0.05, 0) is 51.8 Å². The lowest BCUT2D eigenvalue weighted by Crippen LogP contribution is -2.35. The number of nitrogens with one attached hydrogen (secondary N) is 1. The molecular weight excluding hydrogens is 260 g/mol. The maximum Gasteiger partial charge on any atom is 0.0720 e. The van der Waals surface area contributed by atoms with E-state index < -0.39 is 0 Å². The summed E-state index contributed by atoms with van der Waals surface area (Å²) in [6.07, 6.45) is 2.74. The standard InChI is InChI=1S/C18H30N2O/c1-18(2,3)19-13-15-6-5-7-16(12-15)14-21-17-8-10-20(4)11-9-17/h5-7,12,17,19H,8-11,13-14H2,1-4H3. The van der Waals surface area contributed by atoms with Gasteiger partial charge in [-0.15, -0.1) is 0 Å². The van der Waals surface area contributed by atoms with Crippen LogP contribution in [0.5, 0.6) is 0 Å². The fourth-order valence-electron chi connectivity index (χ4n) is 2.56. The number of hydrogen-bond donors (Lipinski definition) is 1. The molecule has 1 N–H and O–H groups in total. The summed E-state index contributed by atoms with van der Waals surface area (Å²) >= 11 is 0. The van der Waals surface area contributed by atoms with Crippen molar-refractivity contribution < 1.29 is 4.74 Å². The topological polar surface area (TPSA) is 24.5 Å². The summed E-state index contributed by atoms with van der Waals surface area (Å²) in [6.45, 7) is 10.5. The zero-order valence-corrected chi connectivity index (χ0v) is 14.0. The highest BCUT2D eigenvalue weighted by atomic mass is 16.5. The van der Waals surface area contributed by atoms with Crippen LogP contribution in [-0.4, -0.2) is 36.7 Å². The Bertz CT molecular complexity index is 431. The molecule has 1 fully saturated rings. The molecule has 0 radical (unpaired) electrons. The van der Waals surface area contributed by atoms with Gasteiger partial charge in [0.2, 0.25) is 0 Å². The lowest BCUT2D eigenvalue weighted by atomic mass is 10.1. The smallest absolute Gasteiger partial charge is 0.0720 e. The molecule has 0 saturated carbocycles. The van der Waals surface area contributed by atoms with Gasteiger partial charge in [-0.1, -0.05) is 24.3 Å². The highest BCUT2D eigenvalue weighted by Gasteiger charge is 2.17. The van der Waals surface area contributed by atoms with Crippen LogP contribution in [0.2, 0.25) is 0 Å². The first kappa shape index (κ1) is 16.5. The molecule has 0 amide bonds. The van der Waals surface area contributed by atoms with Crippen molar-refractivity contribution in [2.45, 2.75) is 58.4 Å². The molecule has 0 atom stereocenters. The maximum atomic E-state index is 6.07. The van der Waals surface area contributed by atoms with E-state index in [-0.39, 0.29) is 5.54 Å². The number of benzene rings is 1. The monoisotopic (exact) mass is 290 g/mol. The zero-order chi connectivity index (χ0) is 15.3. The van der Waals surface area contributed by atoms with Gasteiger partial charge in [-0.2, -0.15) is 0 Å². The molecule has 3 heteroatoms. The van der Waals surface area contributed by atoms with Gasteiger partial charge in [-0.25, -0.2) is 0 Å². The molecule has 0 spiro atoms. The Morgan fingerprint density at radius 3 is 2.52 bits per heavy atom. The van der Waals surface area contributed by atoms with Crippen LogP contribution in [-0.2, 0) is 17.9 Å². The quantitative estimate of drug-likeness (QED) is 0.901. The van der Waals surface area contributed by atoms with E-state index in [2.05, 4.69) is 62.3 Å². The van der Waals surface area contributed by atoms with E-state index in [9.17, 15) is 0 Å². The molecule has 21 heavy (non-hydrogen) atoms. The Morgan fingerprint density at radius 2 is 1.86 bits per heavy atom. The minimum Gasteiger partial charge on any atom is -0.373 e. The van der Waals surface area contributed by atoms with Crippen molar-refractivity contribution in [1.29, 1.82) is 0 Å². The Morgan fingerprint density at radius 1 is 1.19 bits per heavy atom. The molecular formula is C18H30N2O. The molecule has 1 aliphatic rings. The molecule has 0 aromatic heterocycles. The summed E-state index contributed by atoms with van der Waals surface area (Å²) in [5, 5.41) is 3.53. The van der Waals surface area contributed by atoms with Gasteiger partial charge in [0.25, 0.3) is 0 Å². The van der Waals surface area contributed by atoms with Crippen LogP contribution < -0.4 is 5.32 Å². The second kappa shape index (κ2) is 7.39. The number of piperidine rings is 1. The van der Waals surface area contributed by atoms with Crippen LogP contribution in [0.4, 0.5) is 0 Å². The summed E-state index contributed by atoms with van der Waals surface area (Å²) < 4.78 is 6.07. The van der Waals surface area contributed by atoms with E-state index >= 15 is 0 Å². The first-order valence-electron chi connectivity index (χ1n) is 8.05. The molecule has 1 aromatic carbocycles. The van der Waals surface area contributed by atoms with Gasteiger partial charge >= 0.3 is 0 Å². The molecule has 1 saturated heterocycles. The van der Waals surface area contributed by atoms with Crippen molar-refractivity contribution in [3.8, 4) is 0 Å². The van der Waals surface area contributed by atoms with Crippen LogP contribution in [0.15, 0.2) is 24.3 Å². The van der Waals surface area contributed by atoms with E-state index in [0.29, 0.717) is 6.10 Å².